The Balaban J connectivity index is 1.59. The summed E-state index contributed by atoms with van der Waals surface area (Å²) >= 11 is 5.98. The van der Waals surface area contributed by atoms with Crippen LogP contribution in [-0.2, 0) is 11.4 Å². The lowest BCUT2D eigenvalue weighted by Crippen LogP contribution is -2.37. The summed E-state index contributed by atoms with van der Waals surface area (Å²) in [6.07, 6.45) is 1.99. The Bertz CT molecular complexity index is 742. The van der Waals surface area contributed by atoms with Gasteiger partial charge in [0.2, 0.25) is 5.91 Å². The summed E-state index contributed by atoms with van der Waals surface area (Å²) < 4.78 is 5.82. The van der Waals surface area contributed by atoms with Gasteiger partial charge in [-0.3, -0.25) is 4.79 Å². The molecule has 1 fully saturated rings. The fourth-order valence-electron chi connectivity index (χ4n) is 2.97. The monoisotopic (exact) mass is 358 g/mol. The SMILES string of the molecule is Cc1cc(OCc2cccc(Cl)c2)ccc1NC(=O)C1CCCNC1. The highest BCUT2D eigenvalue weighted by Gasteiger charge is 2.21. The van der Waals surface area contributed by atoms with Crippen molar-refractivity contribution in [3.05, 3.63) is 58.6 Å². The minimum atomic E-state index is 0.0481. The molecule has 5 heteroatoms. The van der Waals surface area contributed by atoms with E-state index in [4.69, 9.17) is 16.3 Å². The van der Waals surface area contributed by atoms with Crippen LogP contribution in [0.15, 0.2) is 42.5 Å². The van der Waals surface area contributed by atoms with E-state index in [1.807, 2.05) is 49.4 Å². The van der Waals surface area contributed by atoms with Crippen molar-refractivity contribution in [2.24, 2.45) is 5.92 Å². The topological polar surface area (TPSA) is 50.4 Å². The van der Waals surface area contributed by atoms with E-state index in [0.29, 0.717) is 11.6 Å². The number of halogens is 1. The number of aryl methyl sites for hydroxylation is 1. The summed E-state index contributed by atoms with van der Waals surface area (Å²) in [4.78, 5) is 12.4. The van der Waals surface area contributed by atoms with E-state index >= 15 is 0 Å². The van der Waals surface area contributed by atoms with Crippen molar-refractivity contribution in [1.82, 2.24) is 5.32 Å². The quantitative estimate of drug-likeness (QED) is 0.843. The minimum absolute atomic E-state index is 0.0481. The zero-order valence-corrected chi connectivity index (χ0v) is 15.1. The molecule has 1 unspecified atom stereocenters. The third-order valence-corrected chi connectivity index (χ3v) is 4.65. The van der Waals surface area contributed by atoms with E-state index in [9.17, 15) is 4.79 Å². The molecule has 2 aromatic carbocycles. The lowest BCUT2D eigenvalue weighted by molar-refractivity contribution is -0.120. The lowest BCUT2D eigenvalue weighted by atomic mass is 9.98. The Hall–Kier alpha value is -2.04. The first-order valence-corrected chi connectivity index (χ1v) is 8.99. The molecule has 2 N–H and O–H groups in total. The van der Waals surface area contributed by atoms with Gasteiger partial charge in [0.15, 0.2) is 0 Å². The van der Waals surface area contributed by atoms with Gasteiger partial charge in [-0.15, -0.1) is 0 Å². The van der Waals surface area contributed by atoms with Gasteiger partial charge in [-0.1, -0.05) is 23.7 Å². The number of benzene rings is 2. The normalized spacial score (nSPS) is 17.1. The summed E-state index contributed by atoms with van der Waals surface area (Å²) in [5.41, 5.74) is 2.85. The Labute approximate surface area is 153 Å². The molecule has 0 saturated carbocycles. The summed E-state index contributed by atoms with van der Waals surface area (Å²) in [5, 5.41) is 7.01. The smallest absolute Gasteiger partial charge is 0.228 e. The second kappa shape index (κ2) is 8.37. The second-order valence-electron chi connectivity index (χ2n) is 6.43. The van der Waals surface area contributed by atoms with Crippen LogP contribution in [0.4, 0.5) is 5.69 Å². The van der Waals surface area contributed by atoms with Crippen molar-refractivity contribution in [2.75, 3.05) is 18.4 Å². The summed E-state index contributed by atoms with van der Waals surface area (Å²) in [7, 11) is 0. The highest BCUT2D eigenvalue weighted by atomic mass is 35.5. The molecule has 4 nitrogen and oxygen atoms in total. The fraction of sp³-hybridized carbons (Fsp3) is 0.350. The summed E-state index contributed by atoms with van der Waals surface area (Å²) in [6.45, 7) is 4.19. The van der Waals surface area contributed by atoms with Crippen molar-refractivity contribution in [3.63, 3.8) is 0 Å². The van der Waals surface area contributed by atoms with Gasteiger partial charge in [0.25, 0.3) is 0 Å². The van der Waals surface area contributed by atoms with Gasteiger partial charge in [0.05, 0.1) is 5.92 Å². The lowest BCUT2D eigenvalue weighted by Gasteiger charge is -2.22. The third-order valence-electron chi connectivity index (χ3n) is 4.42. The van der Waals surface area contributed by atoms with E-state index in [1.54, 1.807) is 0 Å². The fourth-order valence-corrected chi connectivity index (χ4v) is 3.18. The molecule has 1 amide bonds. The van der Waals surface area contributed by atoms with Crippen LogP contribution >= 0.6 is 11.6 Å². The standard InChI is InChI=1S/C20H23ClN2O2/c1-14-10-18(25-13-15-4-2-6-17(21)11-15)7-8-19(14)23-20(24)16-5-3-9-22-12-16/h2,4,6-8,10-11,16,22H,3,5,9,12-13H2,1H3,(H,23,24). The summed E-state index contributed by atoms with van der Waals surface area (Å²) in [5.74, 6) is 0.907. The molecular weight excluding hydrogens is 336 g/mol. The zero-order valence-electron chi connectivity index (χ0n) is 14.3. The number of carbonyl (C=O) groups is 1. The van der Waals surface area contributed by atoms with Crippen LogP contribution in [0, 0.1) is 12.8 Å². The minimum Gasteiger partial charge on any atom is -0.489 e. The van der Waals surface area contributed by atoms with Gasteiger partial charge in [0, 0.05) is 17.3 Å². The van der Waals surface area contributed by atoms with Crippen molar-refractivity contribution >= 4 is 23.2 Å². The molecule has 0 spiro atoms. The van der Waals surface area contributed by atoms with Crippen LogP contribution in [0.25, 0.3) is 0 Å². The van der Waals surface area contributed by atoms with Crippen LogP contribution in [0.5, 0.6) is 5.75 Å². The van der Waals surface area contributed by atoms with Crippen LogP contribution in [-0.4, -0.2) is 19.0 Å². The number of hydrogen-bond donors (Lipinski definition) is 2. The van der Waals surface area contributed by atoms with Crippen molar-refractivity contribution in [3.8, 4) is 5.75 Å². The van der Waals surface area contributed by atoms with Gasteiger partial charge in [-0.05, 0) is 67.8 Å². The van der Waals surface area contributed by atoms with Gasteiger partial charge in [-0.25, -0.2) is 0 Å². The number of amides is 1. The maximum atomic E-state index is 12.4. The highest BCUT2D eigenvalue weighted by Crippen LogP contribution is 2.24. The maximum absolute atomic E-state index is 12.4. The van der Waals surface area contributed by atoms with Crippen LogP contribution in [0.2, 0.25) is 5.02 Å². The molecule has 1 atom stereocenters. The van der Waals surface area contributed by atoms with Crippen molar-refractivity contribution in [2.45, 2.75) is 26.4 Å². The molecule has 2 aromatic rings. The number of rotatable bonds is 5. The molecule has 3 rings (SSSR count). The van der Waals surface area contributed by atoms with Gasteiger partial charge < -0.3 is 15.4 Å². The molecule has 1 aliphatic rings. The Kier molecular flexibility index (Phi) is 5.95. The van der Waals surface area contributed by atoms with Crippen LogP contribution < -0.4 is 15.4 Å². The number of carbonyl (C=O) groups excluding carboxylic acids is 1. The largest absolute Gasteiger partial charge is 0.489 e. The average Bonchev–Trinajstić information content (AvgIpc) is 2.63. The molecule has 0 bridgehead atoms. The molecule has 25 heavy (non-hydrogen) atoms. The third kappa shape index (κ3) is 4.97. The Morgan fingerprint density at radius 1 is 1.32 bits per heavy atom. The number of hydrogen-bond acceptors (Lipinski definition) is 3. The van der Waals surface area contributed by atoms with E-state index in [-0.39, 0.29) is 11.8 Å². The van der Waals surface area contributed by atoms with Crippen LogP contribution in [0.3, 0.4) is 0 Å². The molecule has 0 radical (unpaired) electrons. The predicted molar refractivity (Wildman–Crippen MR) is 101 cm³/mol. The summed E-state index contributed by atoms with van der Waals surface area (Å²) in [6, 6.07) is 13.3. The van der Waals surface area contributed by atoms with E-state index < -0.39 is 0 Å². The first-order chi connectivity index (χ1) is 12.1. The molecule has 0 aliphatic carbocycles. The highest BCUT2D eigenvalue weighted by molar-refractivity contribution is 6.30. The average molecular weight is 359 g/mol. The first-order valence-electron chi connectivity index (χ1n) is 8.61. The van der Waals surface area contributed by atoms with E-state index in [1.165, 1.54) is 0 Å². The van der Waals surface area contributed by atoms with Crippen molar-refractivity contribution in [1.29, 1.82) is 0 Å². The predicted octanol–water partition coefficient (Wildman–Crippen LogP) is 4.17. The first kappa shape index (κ1) is 17.8. The van der Waals surface area contributed by atoms with Crippen LogP contribution in [0.1, 0.15) is 24.0 Å². The van der Waals surface area contributed by atoms with Gasteiger partial charge in [-0.2, -0.15) is 0 Å². The number of anilines is 1. The van der Waals surface area contributed by atoms with Crippen molar-refractivity contribution < 1.29 is 9.53 Å². The Morgan fingerprint density at radius 3 is 2.92 bits per heavy atom. The van der Waals surface area contributed by atoms with Gasteiger partial charge in [0.1, 0.15) is 12.4 Å². The maximum Gasteiger partial charge on any atom is 0.228 e. The Morgan fingerprint density at radius 2 is 2.20 bits per heavy atom. The van der Waals surface area contributed by atoms with E-state index in [0.717, 1.165) is 48.5 Å². The molecule has 132 valence electrons. The molecule has 1 heterocycles. The second-order valence-corrected chi connectivity index (χ2v) is 6.86. The molecule has 0 aromatic heterocycles. The number of piperidine rings is 1. The van der Waals surface area contributed by atoms with Gasteiger partial charge >= 0.3 is 0 Å². The number of ether oxygens (including phenoxy) is 1. The zero-order chi connectivity index (χ0) is 17.6. The number of nitrogens with one attached hydrogen (secondary N) is 2. The molecule has 1 aliphatic heterocycles. The molecule has 1 saturated heterocycles. The molecular formula is C20H23ClN2O2. The van der Waals surface area contributed by atoms with E-state index in [2.05, 4.69) is 10.6 Å².